The minimum Gasteiger partial charge on any atom is -0.394 e. The number of amides is 1. The summed E-state index contributed by atoms with van der Waals surface area (Å²) < 4.78 is 0. The van der Waals surface area contributed by atoms with Crippen molar-refractivity contribution in [1.29, 1.82) is 0 Å². The Labute approximate surface area is 135 Å². The first-order valence-electron chi connectivity index (χ1n) is 8.57. The molecule has 1 amide bonds. The molecule has 5 nitrogen and oxygen atoms in total. The van der Waals surface area contributed by atoms with Gasteiger partial charge in [-0.05, 0) is 37.6 Å². The molecule has 0 aromatic carbocycles. The molecule has 2 rings (SSSR count). The molecule has 0 spiro atoms. The molecule has 1 saturated carbocycles. The summed E-state index contributed by atoms with van der Waals surface area (Å²) in [4.78, 5) is 16.6. The molecule has 1 aliphatic heterocycles. The van der Waals surface area contributed by atoms with Gasteiger partial charge in [-0.1, -0.05) is 20.8 Å². The number of carbonyl (C=O) groups is 1. The highest BCUT2D eigenvalue weighted by Crippen LogP contribution is 2.43. The molecule has 0 aromatic heterocycles. The molecular formula is C17H33N3O2. The van der Waals surface area contributed by atoms with Crippen LogP contribution in [-0.4, -0.2) is 72.7 Å². The Kier molecular flexibility index (Phi) is 5.51. The van der Waals surface area contributed by atoms with Gasteiger partial charge in [0.15, 0.2) is 0 Å². The molecule has 2 N–H and O–H groups in total. The van der Waals surface area contributed by atoms with E-state index in [0.29, 0.717) is 12.5 Å². The fraction of sp³-hybridized carbons (Fsp3) is 0.941. The van der Waals surface area contributed by atoms with Crippen LogP contribution in [-0.2, 0) is 4.79 Å². The maximum Gasteiger partial charge on any atom is 0.236 e. The van der Waals surface area contributed by atoms with Gasteiger partial charge >= 0.3 is 0 Å². The maximum atomic E-state index is 12.4. The van der Waals surface area contributed by atoms with Crippen LogP contribution in [0.2, 0.25) is 0 Å². The van der Waals surface area contributed by atoms with Crippen molar-refractivity contribution in [2.24, 2.45) is 11.3 Å². The van der Waals surface area contributed by atoms with Crippen molar-refractivity contribution in [2.45, 2.75) is 45.6 Å². The van der Waals surface area contributed by atoms with Gasteiger partial charge in [0, 0.05) is 31.7 Å². The zero-order chi connectivity index (χ0) is 16.4. The van der Waals surface area contributed by atoms with Gasteiger partial charge in [-0.2, -0.15) is 0 Å². The smallest absolute Gasteiger partial charge is 0.236 e. The lowest BCUT2D eigenvalue weighted by Crippen LogP contribution is -2.58. The van der Waals surface area contributed by atoms with E-state index in [1.54, 1.807) is 0 Å². The topological polar surface area (TPSA) is 55.8 Å². The molecule has 22 heavy (non-hydrogen) atoms. The predicted octanol–water partition coefficient (Wildman–Crippen LogP) is 0.927. The van der Waals surface area contributed by atoms with Gasteiger partial charge in [-0.15, -0.1) is 0 Å². The van der Waals surface area contributed by atoms with Crippen LogP contribution in [0.4, 0.5) is 0 Å². The van der Waals surface area contributed by atoms with Crippen molar-refractivity contribution in [3.8, 4) is 0 Å². The summed E-state index contributed by atoms with van der Waals surface area (Å²) in [5.74, 6) is 0.735. The third-order valence-electron chi connectivity index (χ3n) is 5.23. The van der Waals surface area contributed by atoms with Crippen molar-refractivity contribution in [3.63, 3.8) is 0 Å². The zero-order valence-electron chi connectivity index (χ0n) is 14.7. The first-order valence-corrected chi connectivity index (χ1v) is 8.57. The minimum atomic E-state index is -0.302. The van der Waals surface area contributed by atoms with Crippen LogP contribution in [0.25, 0.3) is 0 Å². The molecule has 1 saturated heterocycles. The van der Waals surface area contributed by atoms with Crippen LogP contribution in [0.1, 0.15) is 40.0 Å². The summed E-state index contributed by atoms with van der Waals surface area (Å²) in [5.41, 5.74) is -0.0896. The standard InChI is InChI=1S/C17H33N3O2/c1-14-9-16(2,3)12-17(10-14,13-21)18-11-15(22)20-7-5-19(4)6-8-20/h14,18,21H,5-13H2,1-4H3. The number of rotatable bonds is 4. The second-order valence-electron chi connectivity index (χ2n) is 8.33. The van der Waals surface area contributed by atoms with E-state index < -0.39 is 0 Å². The fourth-order valence-electron chi connectivity index (χ4n) is 4.48. The van der Waals surface area contributed by atoms with Gasteiger partial charge in [-0.3, -0.25) is 4.79 Å². The van der Waals surface area contributed by atoms with E-state index in [1.165, 1.54) is 6.42 Å². The summed E-state index contributed by atoms with van der Waals surface area (Å²) in [5, 5.41) is 13.4. The molecule has 0 aromatic rings. The van der Waals surface area contributed by atoms with E-state index in [2.05, 4.69) is 38.0 Å². The summed E-state index contributed by atoms with van der Waals surface area (Å²) in [6, 6.07) is 0. The van der Waals surface area contributed by atoms with Crippen molar-refractivity contribution in [3.05, 3.63) is 0 Å². The van der Waals surface area contributed by atoms with Crippen LogP contribution in [0, 0.1) is 11.3 Å². The Morgan fingerprint density at radius 3 is 2.41 bits per heavy atom. The number of hydrogen-bond donors (Lipinski definition) is 2. The maximum absolute atomic E-state index is 12.4. The monoisotopic (exact) mass is 311 g/mol. The average molecular weight is 311 g/mol. The largest absolute Gasteiger partial charge is 0.394 e. The summed E-state index contributed by atoms with van der Waals surface area (Å²) in [6.45, 7) is 10.7. The van der Waals surface area contributed by atoms with E-state index >= 15 is 0 Å². The molecule has 2 aliphatic rings. The number of nitrogens with zero attached hydrogens (tertiary/aromatic N) is 2. The number of nitrogens with one attached hydrogen (secondary N) is 1. The second-order valence-corrected chi connectivity index (χ2v) is 8.33. The third-order valence-corrected chi connectivity index (χ3v) is 5.23. The zero-order valence-corrected chi connectivity index (χ0v) is 14.7. The van der Waals surface area contributed by atoms with Gasteiger partial charge in [-0.25, -0.2) is 0 Å². The highest BCUT2D eigenvalue weighted by atomic mass is 16.3. The molecule has 0 bridgehead atoms. The first-order chi connectivity index (χ1) is 10.3. The summed E-state index contributed by atoms with van der Waals surface area (Å²) in [6.07, 6.45) is 3.06. The van der Waals surface area contributed by atoms with Crippen molar-refractivity contribution >= 4 is 5.91 Å². The Bertz CT molecular complexity index is 391. The van der Waals surface area contributed by atoms with Crippen LogP contribution in [0.15, 0.2) is 0 Å². The van der Waals surface area contributed by atoms with Crippen molar-refractivity contribution in [1.82, 2.24) is 15.1 Å². The SMILES string of the molecule is CC1CC(C)(C)CC(CO)(NCC(=O)N2CCN(C)CC2)C1. The average Bonchev–Trinajstić information content (AvgIpc) is 2.43. The Morgan fingerprint density at radius 2 is 1.86 bits per heavy atom. The molecule has 2 atom stereocenters. The number of aliphatic hydroxyl groups is 1. The van der Waals surface area contributed by atoms with Gasteiger partial charge in [0.2, 0.25) is 5.91 Å². The molecule has 2 fully saturated rings. The Hall–Kier alpha value is -0.650. The van der Waals surface area contributed by atoms with Crippen LogP contribution in [0.5, 0.6) is 0 Å². The highest BCUT2D eigenvalue weighted by molar-refractivity contribution is 5.78. The van der Waals surface area contributed by atoms with Crippen LogP contribution >= 0.6 is 0 Å². The Balaban J connectivity index is 1.91. The number of aliphatic hydroxyl groups excluding tert-OH is 1. The minimum absolute atomic E-state index is 0.108. The van der Waals surface area contributed by atoms with E-state index in [0.717, 1.165) is 39.0 Å². The molecule has 0 radical (unpaired) electrons. The van der Waals surface area contributed by atoms with E-state index in [1.807, 2.05) is 4.90 Å². The molecule has 128 valence electrons. The second kappa shape index (κ2) is 6.85. The van der Waals surface area contributed by atoms with Gasteiger partial charge in [0.1, 0.15) is 0 Å². The molecule has 1 aliphatic carbocycles. The van der Waals surface area contributed by atoms with E-state index in [4.69, 9.17) is 0 Å². The highest BCUT2D eigenvalue weighted by Gasteiger charge is 2.42. The van der Waals surface area contributed by atoms with Crippen molar-refractivity contribution in [2.75, 3.05) is 46.4 Å². The van der Waals surface area contributed by atoms with Gasteiger partial charge in [0.25, 0.3) is 0 Å². The molecule has 5 heteroatoms. The van der Waals surface area contributed by atoms with Crippen LogP contribution in [0.3, 0.4) is 0 Å². The number of carbonyl (C=O) groups excluding carboxylic acids is 1. The number of likely N-dealkylation sites (N-methyl/N-ethyl adjacent to an activating group) is 1. The lowest BCUT2D eigenvalue weighted by molar-refractivity contribution is -0.132. The normalized spacial score (nSPS) is 33.0. The fourth-order valence-corrected chi connectivity index (χ4v) is 4.48. The first kappa shape index (κ1) is 17.7. The molecule has 1 heterocycles. The lowest BCUT2D eigenvalue weighted by atomic mass is 9.64. The van der Waals surface area contributed by atoms with Gasteiger partial charge < -0.3 is 20.2 Å². The lowest BCUT2D eigenvalue weighted by Gasteiger charge is -2.47. The third kappa shape index (κ3) is 4.43. The number of piperazine rings is 1. The number of hydrogen-bond acceptors (Lipinski definition) is 4. The van der Waals surface area contributed by atoms with E-state index in [-0.39, 0.29) is 23.5 Å². The van der Waals surface area contributed by atoms with Gasteiger partial charge in [0.05, 0.1) is 13.2 Å². The molecular weight excluding hydrogens is 278 g/mol. The van der Waals surface area contributed by atoms with Crippen LogP contribution < -0.4 is 5.32 Å². The molecule has 2 unspecified atom stereocenters. The quantitative estimate of drug-likeness (QED) is 0.811. The van der Waals surface area contributed by atoms with Crippen molar-refractivity contribution < 1.29 is 9.90 Å². The summed E-state index contributed by atoms with van der Waals surface area (Å²) >= 11 is 0. The Morgan fingerprint density at radius 1 is 1.23 bits per heavy atom. The van der Waals surface area contributed by atoms with E-state index in [9.17, 15) is 9.90 Å². The summed E-state index contributed by atoms with van der Waals surface area (Å²) in [7, 11) is 2.09. The predicted molar refractivity (Wildman–Crippen MR) is 88.7 cm³/mol.